The lowest BCUT2D eigenvalue weighted by atomic mass is 10.2. The highest BCUT2D eigenvalue weighted by molar-refractivity contribution is 9.10. The van der Waals surface area contributed by atoms with Crippen molar-refractivity contribution in [3.63, 3.8) is 0 Å². The van der Waals surface area contributed by atoms with Gasteiger partial charge in [0.1, 0.15) is 11.6 Å². The van der Waals surface area contributed by atoms with E-state index in [0.29, 0.717) is 0 Å². The zero-order valence-corrected chi connectivity index (χ0v) is 9.86. The third-order valence-corrected chi connectivity index (χ3v) is 2.72. The predicted molar refractivity (Wildman–Crippen MR) is 62.7 cm³/mol. The standard InChI is InChI=1S/C11H11BrN2O/c1-8(10-5-3-7-15-10)14-11-9(12)4-2-6-13-11/h2-8H,1H3,(H,13,14). The molecule has 0 radical (unpaired) electrons. The van der Waals surface area contributed by atoms with Crippen LogP contribution in [0.1, 0.15) is 18.7 Å². The van der Waals surface area contributed by atoms with Gasteiger partial charge in [0.05, 0.1) is 16.8 Å². The van der Waals surface area contributed by atoms with Crippen molar-refractivity contribution in [1.29, 1.82) is 0 Å². The Balaban J connectivity index is 2.13. The van der Waals surface area contributed by atoms with Crippen LogP contribution in [-0.2, 0) is 0 Å². The van der Waals surface area contributed by atoms with Crippen LogP contribution in [0.25, 0.3) is 0 Å². The van der Waals surface area contributed by atoms with Crippen molar-refractivity contribution in [3.05, 3.63) is 47.0 Å². The Labute approximate surface area is 96.6 Å². The maximum Gasteiger partial charge on any atom is 0.140 e. The van der Waals surface area contributed by atoms with Crippen molar-refractivity contribution in [2.75, 3.05) is 5.32 Å². The van der Waals surface area contributed by atoms with Crippen LogP contribution in [0.15, 0.2) is 45.6 Å². The van der Waals surface area contributed by atoms with Gasteiger partial charge in [0, 0.05) is 6.20 Å². The molecule has 3 nitrogen and oxygen atoms in total. The molecule has 2 aromatic rings. The first kappa shape index (κ1) is 10.2. The van der Waals surface area contributed by atoms with E-state index < -0.39 is 0 Å². The van der Waals surface area contributed by atoms with Gasteiger partial charge in [-0.25, -0.2) is 4.98 Å². The van der Waals surface area contributed by atoms with Gasteiger partial charge in [0.25, 0.3) is 0 Å². The number of hydrogen-bond acceptors (Lipinski definition) is 3. The smallest absolute Gasteiger partial charge is 0.140 e. The van der Waals surface area contributed by atoms with Gasteiger partial charge in [-0.3, -0.25) is 0 Å². The van der Waals surface area contributed by atoms with E-state index in [0.717, 1.165) is 16.1 Å². The first-order chi connectivity index (χ1) is 7.27. The normalized spacial score (nSPS) is 12.4. The Morgan fingerprint density at radius 3 is 2.93 bits per heavy atom. The van der Waals surface area contributed by atoms with E-state index in [1.165, 1.54) is 0 Å². The molecular weight excluding hydrogens is 256 g/mol. The molecule has 1 unspecified atom stereocenters. The highest BCUT2D eigenvalue weighted by atomic mass is 79.9. The average molecular weight is 267 g/mol. The van der Waals surface area contributed by atoms with E-state index in [4.69, 9.17) is 4.42 Å². The summed E-state index contributed by atoms with van der Waals surface area (Å²) in [6.45, 7) is 2.03. The Bertz CT molecular complexity index is 428. The minimum atomic E-state index is 0.103. The van der Waals surface area contributed by atoms with Crippen LogP contribution in [0.2, 0.25) is 0 Å². The van der Waals surface area contributed by atoms with Gasteiger partial charge in [-0.15, -0.1) is 0 Å². The van der Waals surface area contributed by atoms with E-state index in [9.17, 15) is 0 Å². The summed E-state index contributed by atoms with van der Waals surface area (Å²) in [5.41, 5.74) is 0. The van der Waals surface area contributed by atoms with Crippen molar-refractivity contribution in [1.82, 2.24) is 4.98 Å². The molecular formula is C11H11BrN2O. The summed E-state index contributed by atoms with van der Waals surface area (Å²) in [7, 11) is 0. The second-order valence-electron chi connectivity index (χ2n) is 3.22. The van der Waals surface area contributed by atoms with E-state index >= 15 is 0 Å². The van der Waals surface area contributed by atoms with Crippen molar-refractivity contribution in [2.45, 2.75) is 13.0 Å². The highest BCUT2D eigenvalue weighted by Crippen LogP contribution is 2.23. The monoisotopic (exact) mass is 266 g/mol. The molecule has 0 bridgehead atoms. The number of rotatable bonds is 3. The number of furan rings is 1. The molecule has 0 aliphatic rings. The molecule has 0 saturated heterocycles. The van der Waals surface area contributed by atoms with Crippen LogP contribution < -0.4 is 5.32 Å². The van der Waals surface area contributed by atoms with Gasteiger partial charge in [-0.05, 0) is 47.1 Å². The van der Waals surface area contributed by atoms with Gasteiger partial charge >= 0.3 is 0 Å². The van der Waals surface area contributed by atoms with Gasteiger partial charge in [-0.2, -0.15) is 0 Å². The van der Waals surface area contributed by atoms with Gasteiger partial charge < -0.3 is 9.73 Å². The molecule has 0 aliphatic carbocycles. The van der Waals surface area contributed by atoms with Crippen molar-refractivity contribution in [3.8, 4) is 0 Å². The number of halogens is 1. The molecule has 0 aromatic carbocycles. The lowest BCUT2D eigenvalue weighted by Crippen LogP contribution is -2.07. The van der Waals surface area contributed by atoms with Gasteiger partial charge in [-0.1, -0.05) is 0 Å². The number of nitrogens with one attached hydrogen (secondary N) is 1. The Morgan fingerprint density at radius 1 is 1.40 bits per heavy atom. The SMILES string of the molecule is CC(Nc1ncccc1Br)c1ccco1. The lowest BCUT2D eigenvalue weighted by molar-refractivity contribution is 0.490. The molecule has 1 N–H and O–H groups in total. The average Bonchev–Trinajstić information content (AvgIpc) is 2.74. The number of hydrogen-bond donors (Lipinski definition) is 1. The zero-order chi connectivity index (χ0) is 10.7. The first-order valence-electron chi connectivity index (χ1n) is 4.68. The van der Waals surface area contributed by atoms with Crippen LogP contribution >= 0.6 is 15.9 Å². The summed E-state index contributed by atoms with van der Waals surface area (Å²) >= 11 is 3.43. The van der Waals surface area contributed by atoms with E-state index in [2.05, 4.69) is 26.2 Å². The highest BCUT2D eigenvalue weighted by Gasteiger charge is 2.09. The zero-order valence-electron chi connectivity index (χ0n) is 8.27. The summed E-state index contributed by atoms with van der Waals surface area (Å²) in [5.74, 6) is 1.72. The predicted octanol–water partition coefficient (Wildman–Crippen LogP) is 3.61. The second-order valence-corrected chi connectivity index (χ2v) is 4.07. The molecule has 0 aliphatic heterocycles. The fraction of sp³-hybridized carbons (Fsp3) is 0.182. The number of nitrogens with zero attached hydrogens (tertiary/aromatic N) is 1. The van der Waals surface area contributed by atoms with E-state index in [1.54, 1.807) is 12.5 Å². The summed E-state index contributed by atoms with van der Waals surface area (Å²) in [4.78, 5) is 4.23. The maximum absolute atomic E-state index is 5.30. The molecule has 2 aromatic heterocycles. The molecule has 0 saturated carbocycles. The summed E-state index contributed by atoms with van der Waals surface area (Å²) in [5, 5.41) is 3.26. The summed E-state index contributed by atoms with van der Waals surface area (Å²) in [6, 6.07) is 7.75. The molecule has 0 fully saturated rings. The Hall–Kier alpha value is -1.29. The minimum absolute atomic E-state index is 0.103. The second kappa shape index (κ2) is 4.49. The molecule has 2 heterocycles. The molecule has 78 valence electrons. The third-order valence-electron chi connectivity index (χ3n) is 2.08. The molecule has 4 heteroatoms. The van der Waals surface area contributed by atoms with Crippen LogP contribution in [0.3, 0.4) is 0 Å². The van der Waals surface area contributed by atoms with Crippen LogP contribution in [0.5, 0.6) is 0 Å². The van der Waals surface area contributed by atoms with E-state index in [-0.39, 0.29) is 6.04 Å². The van der Waals surface area contributed by atoms with Crippen molar-refractivity contribution < 1.29 is 4.42 Å². The Kier molecular flexibility index (Phi) is 3.06. The molecule has 1 atom stereocenters. The Morgan fingerprint density at radius 2 is 2.27 bits per heavy atom. The molecule has 0 amide bonds. The van der Waals surface area contributed by atoms with E-state index in [1.807, 2.05) is 31.2 Å². The van der Waals surface area contributed by atoms with Crippen molar-refractivity contribution in [2.24, 2.45) is 0 Å². The van der Waals surface area contributed by atoms with Gasteiger partial charge in [0.2, 0.25) is 0 Å². The number of pyridine rings is 1. The summed E-state index contributed by atoms with van der Waals surface area (Å²) < 4.78 is 6.25. The van der Waals surface area contributed by atoms with Crippen LogP contribution in [0.4, 0.5) is 5.82 Å². The fourth-order valence-electron chi connectivity index (χ4n) is 1.31. The summed E-state index contributed by atoms with van der Waals surface area (Å²) in [6.07, 6.45) is 3.42. The third kappa shape index (κ3) is 2.39. The molecule has 2 rings (SSSR count). The van der Waals surface area contributed by atoms with Crippen molar-refractivity contribution >= 4 is 21.7 Å². The van der Waals surface area contributed by atoms with Crippen LogP contribution in [-0.4, -0.2) is 4.98 Å². The number of anilines is 1. The maximum atomic E-state index is 5.30. The van der Waals surface area contributed by atoms with Gasteiger partial charge in [0.15, 0.2) is 0 Å². The fourth-order valence-corrected chi connectivity index (χ4v) is 1.68. The minimum Gasteiger partial charge on any atom is -0.467 e. The molecule has 15 heavy (non-hydrogen) atoms. The van der Waals surface area contributed by atoms with Crippen LogP contribution in [0, 0.1) is 0 Å². The first-order valence-corrected chi connectivity index (χ1v) is 5.47. The lowest BCUT2D eigenvalue weighted by Gasteiger charge is -2.12. The quantitative estimate of drug-likeness (QED) is 0.923. The largest absolute Gasteiger partial charge is 0.467 e. The number of aromatic nitrogens is 1. The topological polar surface area (TPSA) is 38.1 Å². The molecule has 0 spiro atoms.